The molecule has 6 nitrogen and oxygen atoms in total. The van der Waals surface area contributed by atoms with Crippen LogP contribution in [-0.4, -0.2) is 35.7 Å². The number of nitrogens with two attached hydrogens (primary N) is 1. The van der Waals surface area contributed by atoms with Gasteiger partial charge in [-0.25, -0.2) is 9.38 Å². The highest BCUT2D eigenvalue weighted by Crippen LogP contribution is 2.30. The highest BCUT2D eigenvalue weighted by Gasteiger charge is 2.23. The second-order valence-electron chi connectivity index (χ2n) is 7.93. The highest BCUT2D eigenvalue weighted by atomic mass is 19.1. The first-order valence-electron chi connectivity index (χ1n) is 10.7. The Kier molecular flexibility index (Phi) is 7.89. The maximum atomic E-state index is 14.8. The summed E-state index contributed by atoms with van der Waals surface area (Å²) in [6, 6.07) is 13.7. The van der Waals surface area contributed by atoms with E-state index >= 15 is 0 Å². The lowest BCUT2D eigenvalue weighted by Gasteiger charge is -2.25. The molecule has 0 radical (unpaired) electrons. The molecule has 0 saturated heterocycles. The molecule has 0 bridgehead atoms. The van der Waals surface area contributed by atoms with Crippen LogP contribution in [0, 0.1) is 11.7 Å². The van der Waals surface area contributed by atoms with Gasteiger partial charge in [-0.1, -0.05) is 43.0 Å². The van der Waals surface area contributed by atoms with Gasteiger partial charge in [0.2, 0.25) is 0 Å². The summed E-state index contributed by atoms with van der Waals surface area (Å²) < 4.78 is 14.8. The van der Waals surface area contributed by atoms with Gasteiger partial charge in [-0.3, -0.25) is 9.79 Å². The standard InChI is InChI=1S/C25H29FN4O2/c1-16(18-8-11-20(31)12-9-18)30-23(24(27)28-2)19-10-13-21(22(26)14-19)25(32)29-15-17-6-4-3-5-7-17/h3-7,10,13-14,18,20,31H,1,8-9,11-12,15H2,2H3,(H2,27,28)(H,29,32)/b30-23-/t18-,20-. The number of nitrogens with one attached hydrogen (secondary N) is 1. The highest BCUT2D eigenvalue weighted by molar-refractivity contribution is 6.47. The number of hydrogen-bond acceptors (Lipinski definition) is 4. The smallest absolute Gasteiger partial charge is 0.254 e. The zero-order valence-electron chi connectivity index (χ0n) is 18.2. The number of aliphatic imine (C=N–C) groups is 2. The third kappa shape index (κ3) is 5.88. The van der Waals surface area contributed by atoms with E-state index in [0.29, 0.717) is 36.4 Å². The summed E-state index contributed by atoms with van der Waals surface area (Å²) in [7, 11) is 1.53. The van der Waals surface area contributed by atoms with Gasteiger partial charge in [0.15, 0.2) is 0 Å². The Labute approximate surface area is 187 Å². The van der Waals surface area contributed by atoms with E-state index in [0.717, 1.165) is 18.4 Å². The number of nitrogens with zero attached hydrogens (tertiary/aromatic N) is 2. The quantitative estimate of drug-likeness (QED) is 0.457. The summed E-state index contributed by atoms with van der Waals surface area (Å²) in [5.74, 6) is -0.886. The van der Waals surface area contributed by atoms with Crippen molar-refractivity contribution in [1.82, 2.24) is 5.32 Å². The van der Waals surface area contributed by atoms with Crippen molar-refractivity contribution in [1.29, 1.82) is 0 Å². The first-order valence-corrected chi connectivity index (χ1v) is 10.7. The van der Waals surface area contributed by atoms with Gasteiger partial charge in [0.25, 0.3) is 5.91 Å². The lowest BCUT2D eigenvalue weighted by molar-refractivity contribution is 0.0946. The van der Waals surface area contributed by atoms with Crippen LogP contribution in [0.15, 0.2) is 70.8 Å². The van der Waals surface area contributed by atoms with Crippen LogP contribution < -0.4 is 11.1 Å². The molecule has 1 saturated carbocycles. The molecular weight excluding hydrogens is 407 g/mol. The average Bonchev–Trinajstić information content (AvgIpc) is 2.81. The first kappa shape index (κ1) is 23.3. The number of halogens is 1. The van der Waals surface area contributed by atoms with E-state index in [2.05, 4.69) is 21.9 Å². The van der Waals surface area contributed by atoms with E-state index < -0.39 is 11.7 Å². The number of allylic oxidation sites excluding steroid dienone is 1. The topological polar surface area (TPSA) is 100 Å². The van der Waals surface area contributed by atoms with Crippen molar-refractivity contribution < 1.29 is 14.3 Å². The summed E-state index contributed by atoms with van der Waals surface area (Å²) in [6.07, 6.45) is 2.70. The minimum absolute atomic E-state index is 0.0591. The maximum Gasteiger partial charge on any atom is 0.254 e. The number of carbonyl (C=O) groups excluding carboxylic acids is 1. The number of carbonyl (C=O) groups is 1. The fourth-order valence-corrected chi connectivity index (χ4v) is 3.74. The monoisotopic (exact) mass is 436 g/mol. The molecule has 3 rings (SSSR count). The third-order valence-electron chi connectivity index (χ3n) is 5.69. The van der Waals surface area contributed by atoms with Crippen molar-refractivity contribution in [2.75, 3.05) is 7.05 Å². The van der Waals surface area contributed by atoms with Gasteiger partial charge >= 0.3 is 0 Å². The molecule has 0 unspecified atom stereocenters. The van der Waals surface area contributed by atoms with E-state index in [1.54, 1.807) is 6.07 Å². The number of rotatable bonds is 7. The molecule has 168 valence electrons. The van der Waals surface area contributed by atoms with Crippen molar-refractivity contribution >= 4 is 17.5 Å². The van der Waals surface area contributed by atoms with E-state index in [1.165, 1.54) is 19.2 Å². The number of aliphatic hydroxyl groups excluding tert-OH is 1. The van der Waals surface area contributed by atoms with Crippen LogP contribution >= 0.6 is 0 Å². The van der Waals surface area contributed by atoms with Crippen LogP contribution in [0.3, 0.4) is 0 Å². The molecule has 2 aromatic rings. The van der Waals surface area contributed by atoms with Gasteiger partial charge in [0.1, 0.15) is 17.4 Å². The lowest BCUT2D eigenvalue weighted by atomic mass is 9.86. The van der Waals surface area contributed by atoms with E-state index in [4.69, 9.17) is 5.73 Å². The Morgan fingerprint density at radius 3 is 2.50 bits per heavy atom. The second-order valence-corrected chi connectivity index (χ2v) is 7.93. The van der Waals surface area contributed by atoms with Gasteiger partial charge in [-0.15, -0.1) is 0 Å². The lowest BCUT2D eigenvalue weighted by Crippen LogP contribution is -2.27. The Balaban J connectivity index is 1.78. The SMILES string of the molecule is C=C(/N=C(\C(N)=N/C)c1ccc(C(=O)NCc2ccccc2)c(F)c1)[C@H]1CC[C@H](O)CC1. The Morgan fingerprint density at radius 1 is 1.19 bits per heavy atom. The van der Waals surface area contributed by atoms with E-state index in [-0.39, 0.29) is 23.4 Å². The number of benzene rings is 2. The Bertz CT molecular complexity index is 1030. The number of amidine groups is 1. The van der Waals surface area contributed by atoms with Gasteiger partial charge in [0, 0.05) is 30.8 Å². The number of amides is 1. The zero-order chi connectivity index (χ0) is 23.1. The molecule has 0 aromatic heterocycles. The fourth-order valence-electron chi connectivity index (χ4n) is 3.74. The molecule has 1 aliphatic carbocycles. The van der Waals surface area contributed by atoms with Crippen molar-refractivity contribution in [3.05, 3.63) is 83.3 Å². The second kappa shape index (κ2) is 10.8. The normalized spacial score (nSPS) is 19.5. The summed E-state index contributed by atoms with van der Waals surface area (Å²) in [5.41, 5.74) is 8.28. The van der Waals surface area contributed by atoms with E-state index in [9.17, 15) is 14.3 Å². The molecule has 1 fully saturated rings. The molecule has 4 N–H and O–H groups in total. The predicted molar refractivity (Wildman–Crippen MR) is 125 cm³/mol. The molecule has 1 amide bonds. The summed E-state index contributed by atoms with van der Waals surface area (Å²) in [4.78, 5) is 21.0. The number of aliphatic hydroxyl groups is 1. The molecule has 0 aliphatic heterocycles. The van der Waals surface area contributed by atoms with E-state index in [1.807, 2.05) is 30.3 Å². The fraction of sp³-hybridized carbons (Fsp3) is 0.320. The van der Waals surface area contributed by atoms with Gasteiger partial charge in [-0.05, 0) is 43.4 Å². The Morgan fingerprint density at radius 2 is 1.88 bits per heavy atom. The van der Waals surface area contributed by atoms with Crippen LogP contribution in [0.2, 0.25) is 0 Å². The molecule has 0 heterocycles. The molecule has 0 atom stereocenters. The van der Waals surface area contributed by atoms with Crippen LogP contribution in [-0.2, 0) is 6.54 Å². The summed E-state index contributed by atoms with van der Waals surface area (Å²) >= 11 is 0. The van der Waals surface area contributed by atoms with Crippen LogP contribution in [0.5, 0.6) is 0 Å². The van der Waals surface area contributed by atoms with Gasteiger partial charge < -0.3 is 16.2 Å². The summed E-state index contributed by atoms with van der Waals surface area (Å²) in [5, 5.41) is 12.4. The largest absolute Gasteiger partial charge is 0.393 e. The number of hydrogen-bond donors (Lipinski definition) is 3. The predicted octanol–water partition coefficient (Wildman–Crippen LogP) is 3.60. The minimum atomic E-state index is -0.670. The molecule has 32 heavy (non-hydrogen) atoms. The summed E-state index contributed by atoms with van der Waals surface area (Å²) in [6.45, 7) is 4.37. The first-order chi connectivity index (χ1) is 15.4. The minimum Gasteiger partial charge on any atom is -0.393 e. The molecule has 1 aliphatic rings. The molecule has 7 heteroatoms. The zero-order valence-corrected chi connectivity index (χ0v) is 18.2. The van der Waals surface area contributed by atoms with Crippen molar-refractivity contribution in [3.8, 4) is 0 Å². The van der Waals surface area contributed by atoms with Crippen molar-refractivity contribution in [2.24, 2.45) is 21.6 Å². The molecule has 2 aromatic carbocycles. The molecule has 0 spiro atoms. The average molecular weight is 437 g/mol. The maximum absolute atomic E-state index is 14.8. The van der Waals surface area contributed by atoms with Crippen LogP contribution in [0.25, 0.3) is 0 Å². The van der Waals surface area contributed by atoms with Gasteiger partial charge in [-0.2, -0.15) is 0 Å². The van der Waals surface area contributed by atoms with Crippen molar-refractivity contribution in [3.63, 3.8) is 0 Å². The van der Waals surface area contributed by atoms with Gasteiger partial charge in [0.05, 0.1) is 11.7 Å². The Hall–Kier alpha value is -3.32. The third-order valence-corrected chi connectivity index (χ3v) is 5.69. The van der Waals surface area contributed by atoms with Crippen LogP contribution in [0.1, 0.15) is 47.2 Å². The van der Waals surface area contributed by atoms with Crippen molar-refractivity contribution in [2.45, 2.75) is 38.3 Å². The van der Waals surface area contributed by atoms with Crippen LogP contribution in [0.4, 0.5) is 4.39 Å². The molecular formula is C25H29FN4O2.